The predicted octanol–water partition coefficient (Wildman–Crippen LogP) is 2.57. The Morgan fingerprint density at radius 3 is 2.00 bits per heavy atom. The van der Waals surface area contributed by atoms with Gasteiger partial charge in [-0.2, -0.15) is 0 Å². The van der Waals surface area contributed by atoms with Gasteiger partial charge in [-0.1, -0.05) is 20.8 Å². The van der Waals surface area contributed by atoms with E-state index in [0.717, 1.165) is 0 Å². The Morgan fingerprint density at radius 2 is 1.56 bits per heavy atom. The molecule has 0 fully saturated rings. The Hall–Kier alpha value is -1.15. The third kappa shape index (κ3) is 3.42. The highest BCUT2D eigenvalue weighted by molar-refractivity contribution is 7.89. The van der Waals surface area contributed by atoms with Crippen LogP contribution in [0.4, 0.5) is 17.6 Å². The van der Waals surface area contributed by atoms with Gasteiger partial charge in [0.05, 0.1) is 0 Å². The standard InChI is InChI=1S/C8H7F4NO2S.C2H6/c1-2-13-16(14,15)8-5(10)3-4(9)6(11)7(8)12;1-2/h3,13H,2H2,1H3;1-2H3. The average molecular weight is 287 g/mol. The van der Waals surface area contributed by atoms with Crippen LogP contribution in [0.1, 0.15) is 20.8 Å². The third-order valence-electron chi connectivity index (χ3n) is 1.68. The Balaban J connectivity index is 0.00000137. The molecule has 1 N–H and O–H groups in total. The second kappa shape index (κ2) is 6.69. The maximum absolute atomic E-state index is 13.1. The summed E-state index contributed by atoms with van der Waals surface area (Å²) in [5, 5.41) is 0. The lowest BCUT2D eigenvalue weighted by Gasteiger charge is -2.07. The first-order valence-corrected chi connectivity index (χ1v) is 6.62. The number of hydrogen-bond donors (Lipinski definition) is 1. The number of halogens is 4. The van der Waals surface area contributed by atoms with Gasteiger partial charge in [0.15, 0.2) is 22.3 Å². The molecule has 0 unspecified atom stereocenters. The molecule has 0 aromatic heterocycles. The van der Waals surface area contributed by atoms with Crippen LogP contribution in [0.3, 0.4) is 0 Å². The second-order valence-corrected chi connectivity index (χ2v) is 4.50. The number of hydrogen-bond acceptors (Lipinski definition) is 2. The summed E-state index contributed by atoms with van der Waals surface area (Å²) in [7, 11) is -4.52. The van der Waals surface area contributed by atoms with Crippen molar-refractivity contribution in [3.8, 4) is 0 Å². The summed E-state index contributed by atoms with van der Waals surface area (Å²) in [6.07, 6.45) is 0. The highest BCUT2D eigenvalue weighted by atomic mass is 32.2. The molecule has 104 valence electrons. The van der Waals surface area contributed by atoms with Gasteiger partial charge in [0.1, 0.15) is 5.82 Å². The number of benzene rings is 1. The van der Waals surface area contributed by atoms with Crippen molar-refractivity contribution >= 4 is 10.0 Å². The Bertz CT molecular complexity index is 517. The first-order chi connectivity index (χ1) is 8.31. The van der Waals surface area contributed by atoms with Crippen LogP contribution in [-0.4, -0.2) is 15.0 Å². The van der Waals surface area contributed by atoms with E-state index in [1.165, 1.54) is 6.92 Å². The van der Waals surface area contributed by atoms with Crippen molar-refractivity contribution in [2.75, 3.05) is 6.54 Å². The van der Waals surface area contributed by atoms with E-state index in [1.807, 2.05) is 13.8 Å². The molecule has 0 aliphatic rings. The van der Waals surface area contributed by atoms with Crippen LogP contribution in [-0.2, 0) is 10.0 Å². The maximum atomic E-state index is 13.1. The molecule has 8 heteroatoms. The molecular weight excluding hydrogens is 274 g/mol. The minimum Gasteiger partial charge on any atom is -0.211 e. The first kappa shape index (κ1) is 16.9. The Kier molecular flexibility index (Phi) is 6.27. The summed E-state index contributed by atoms with van der Waals surface area (Å²) in [6.45, 7) is 5.23. The molecule has 0 saturated carbocycles. The van der Waals surface area contributed by atoms with Crippen molar-refractivity contribution in [3.05, 3.63) is 29.3 Å². The van der Waals surface area contributed by atoms with Crippen LogP contribution < -0.4 is 4.72 Å². The lowest BCUT2D eigenvalue weighted by Crippen LogP contribution is -2.26. The van der Waals surface area contributed by atoms with Crippen molar-refractivity contribution in [2.45, 2.75) is 25.7 Å². The van der Waals surface area contributed by atoms with Crippen LogP contribution >= 0.6 is 0 Å². The van der Waals surface area contributed by atoms with Gasteiger partial charge >= 0.3 is 0 Å². The molecular formula is C10H13F4NO2S. The topological polar surface area (TPSA) is 46.2 Å². The lowest BCUT2D eigenvalue weighted by molar-refractivity contribution is 0.410. The van der Waals surface area contributed by atoms with Gasteiger partial charge in [-0.3, -0.25) is 0 Å². The molecule has 1 rings (SSSR count). The summed E-state index contributed by atoms with van der Waals surface area (Å²) in [6, 6.07) is -0.0252. The van der Waals surface area contributed by atoms with Crippen molar-refractivity contribution < 1.29 is 26.0 Å². The number of nitrogens with one attached hydrogen (secondary N) is 1. The molecule has 1 aromatic rings. The van der Waals surface area contributed by atoms with Crippen molar-refractivity contribution in [3.63, 3.8) is 0 Å². The van der Waals surface area contributed by atoms with Gasteiger partial charge < -0.3 is 0 Å². The molecule has 18 heavy (non-hydrogen) atoms. The highest BCUT2D eigenvalue weighted by Crippen LogP contribution is 2.23. The largest absolute Gasteiger partial charge is 0.246 e. The molecule has 0 saturated heterocycles. The second-order valence-electron chi connectivity index (χ2n) is 2.80. The summed E-state index contributed by atoms with van der Waals surface area (Å²) >= 11 is 0. The van der Waals surface area contributed by atoms with Crippen molar-refractivity contribution in [2.24, 2.45) is 0 Å². The lowest BCUT2D eigenvalue weighted by atomic mass is 10.3. The minimum absolute atomic E-state index is 0.0252. The highest BCUT2D eigenvalue weighted by Gasteiger charge is 2.28. The van der Waals surface area contributed by atoms with Gasteiger partial charge in [-0.05, 0) is 0 Å². The Labute approximate surface area is 103 Å². The minimum atomic E-state index is -4.52. The Morgan fingerprint density at radius 1 is 1.06 bits per heavy atom. The fourth-order valence-corrected chi connectivity index (χ4v) is 2.22. The third-order valence-corrected chi connectivity index (χ3v) is 3.26. The SMILES string of the molecule is CC.CCNS(=O)(=O)c1c(F)cc(F)c(F)c1F. The molecule has 0 aliphatic carbocycles. The fourth-order valence-electron chi connectivity index (χ4n) is 1.06. The van der Waals surface area contributed by atoms with E-state index in [9.17, 15) is 26.0 Å². The fraction of sp³-hybridized carbons (Fsp3) is 0.400. The van der Waals surface area contributed by atoms with E-state index >= 15 is 0 Å². The summed E-state index contributed by atoms with van der Waals surface area (Å²) in [4.78, 5) is -1.52. The summed E-state index contributed by atoms with van der Waals surface area (Å²) in [5.74, 6) is -7.57. The summed E-state index contributed by atoms with van der Waals surface area (Å²) < 4.78 is 75.7. The average Bonchev–Trinajstić information content (AvgIpc) is 2.28. The normalized spacial score (nSPS) is 10.8. The molecule has 0 aliphatic heterocycles. The van der Waals surface area contributed by atoms with Crippen LogP contribution in [0.25, 0.3) is 0 Å². The van der Waals surface area contributed by atoms with Crippen LogP contribution in [0.15, 0.2) is 11.0 Å². The molecule has 0 amide bonds. The van der Waals surface area contributed by atoms with Crippen molar-refractivity contribution in [1.29, 1.82) is 0 Å². The quantitative estimate of drug-likeness (QED) is 0.527. The van der Waals surface area contributed by atoms with E-state index in [0.29, 0.717) is 0 Å². The van der Waals surface area contributed by atoms with Gasteiger partial charge in [0, 0.05) is 12.6 Å². The monoisotopic (exact) mass is 287 g/mol. The van der Waals surface area contributed by atoms with Gasteiger partial charge in [-0.25, -0.2) is 30.7 Å². The van der Waals surface area contributed by atoms with E-state index in [2.05, 4.69) is 0 Å². The van der Waals surface area contributed by atoms with Gasteiger partial charge in [-0.15, -0.1) is 0 Å². The van der Waals surface area contributed by atoms with Crippen LogP contribution in [0.5, 0.6) is 0 Å². The zero-order valence-corrected chi connectivity index (χ0v) is 10.8. The smallest absolute Gasteiger partial charge is 0.211 e. The van der Waals surface area contributed by atoms with Crippen molar-refractivity contribution in [1.82, 2.24) is 4.72 Å². The van der Waals surface area contributed by atoms with E-state index in [1.54, 1.807) is 4.72 Å². The van der Waals surface area contributed by atoms with E-state index in [-0.39, 0.29) is 12.6 Å². The molecule has 0 spiro atoms. The molecule has 0 bridgehead atoms. The van der Waals surface area contributed by atoms with E-state index < -0.39 is 38.2 Å². The van der Waals surface area contributed by atoms with Crippen LogP contribution in [0.2, 0.25) is 0 Å². The number of rotatable bonds is 3. The summed E-state index contributed by atoms with van der Waals surface area (Å²) in [5.41, 5.74) is 0. The molecule has 1 aromatic carbocycles. The molecule has 0 heterocycles. The zero-order valence-electron chi connectivity index (χ0n) is 10.0. The molecule has 0 radical (unpaired) electrons. The van der Waals surface area contributed by atoms with Crippen LogP contribution in [0, 0.1) is 23.3 Å². The predicted molar refractivity (Wildman–Crippen MR) is 58.5 cm³/mol. The maximum Gasteiger partial charge on any atom is 0.246 e. The first-order valence-electron chi connectivity index (χ1n) is 5.14. The number of sulfonamides is 1. The molecule has 0 atom stereocenters. The molecule has 3 nitrogen and oxygen atoms in total. The van der Waals surface area contributed by atoms with Gasteiger partial charge in [0.25, 0.3) is 0 Å². The van der Waals surface area contributed by atoms with Gasteiger partial charge in [0.2, 0.25) is 10.0 Å². The van der Waals surface area contributed by atoms with E-state index in [4.69, 9.17) is 0 Å². The zero-order chi connectivity index (χ0) is 14.5.